The van der Waals surface area contributed by atoms with Crippen molar-refractivity contribution in [2.24, 2.45) is 0 Å². The Bertz CT molecular complexity index is 541. The van der Waals surface area contributed by atoms with Gasteiger partial charge in [0.05, 0.1) is 0 Å². The van der Waals surface area contributed by atoms with E-state index in [4.69, 9.17) is 4.43 Å². The predicted molar refractivity (Wildman–Crippen MR) is 83.3 cm³/mol. The van der Waals surface area contributed by atoms with Gasteiger partial charge in [-0.2, -0.15) is 0 Å². The molecule has 0 fully saturated rings. The van der Waals surface area contributed by atoms with Gasteiger partial charge >= 0.3 is 5.97 Å². The fourth-order valence-electron chi connectivity index (χ4n) is 2.33. The number of hydrogen-bond acceptors (Lipinski definition) is 2. The fraction of sp³-hybridized carbons (Fsp3) is 0.562. The lowest BCUT2D eigenvalue weighted by Gasteiger charge is -2.37. The average Bonchev–Trinajstić information content (AvgIpc) is 2.75. The van der Waals surface area contributed by atoms with Gasteiger partial charge in [-0.1, -0.05) is 26.8 Å². The van der Waals surface area contributed by atoms with Crippen molar-refractivity contribution < 1.29 is 14.3 Å². The molecule has 110 valence electrons. The first-order valence-electron chi connectivity index (χ1n) is 7.20. The van der Waals surface area contributed by atoms with E-state index < -0.39 is 14.3 Å². The molecule has 1 aliphatic rings. The second kappa shape index (κ2) is 4.92. The Labute approximate surface area is 122 Å². The second-order valence-corrected chi connectivity index (χ2v) is 11.8. The summed E-state index contributed by atoms with van der Waals surface area (Å²) in [7, 11) is -2.03. The number of hydrogen-bond donors (Lipinski definition) is 1. The lowest BCUT2D eigenvalue weighted by Crippen LogP contribution is -2.44. The molecule has 0 bridgehead atoms. The molecule has 0 aromatic heterocycles. The third-order valence-corrected chi connectivity index (χ3v) is 8.95. The highest BCUT2D eigenvalue weighted by atomic mass is 28.4. The summed E-state index contributed by atoms with van der Waals surface area (Å²) >= 11 is 0. The molecule has 0 spiro atoms. The van der Waals surface area contributed by atoms with E-state index in [1.54, 1.807) is 6.07 Å². The van der Waals surface area contributed by atoms with Crippen LogP contribution < -0.4 is 4.43 Å². The molecule has 2 rings (SSSR count). The molecule has 1 N–H and O–H groups in total. The minimum Gasteiger partial charge on any atom is -0.543 e. The first kappa shape index (κ1) is 15.1. The summed E-state index contributed by atoms with van der Waals surface area (Å²) in [6.45, 7) is 10.8. The molecule has 0 radical (unpaired) electrons. The Morgan fingerprint density at radius 3 is 2.45 bits per heavy atom. The van der Waals surface area contributed by atoms with Gasteiger partial charge in [0.15, 0.2) is 0 Å². The number of benzene rings is 1. The quantitative estimate of drug-likeness (QED) is 0.847. The molecule has 0 unspecified atom stereocenters. The third kappa shape index (κ3) is 2.61. The van der Waals surface area contributed by atoms with Crippen LogP contribution in [0.1, 0.15) is 48.7 Å². The van der Waals surface area contributed by atoms with E-state index in [0.717, 1.165) is 24.8 Å². The Morgan fingerprint density at radius 1 is 1.25 bits per heavy atom. The van der Waals surface area contributed by atoms with E-state index in [1.165, 1.54) is 5.56 Å². The van der Waals surface area contributed by atoms with Crippen LogP contribution in [0.5, 0.6) is 5.75 Å². The lowest BCUT2D eigenvalue weighted by molar-refractivity contribution is 0.0694. The smallest absolute Gasteiger partial charge is 0.339 e. The van der Waals surface area contributed by atoms with E-state index in [1.807, 2.05) is 6.07 Å². The summed E-state index contributed by atoms with van der Waals surface area (Å²) in [6.07, 6.45) is 3.05. The number of carboxylic acids is 1. The molecule has 1 aromatic carbocycles. The number of fused-ring (bicyclic) bond motifs is 1. The standard InChI is InChI=1S/C16H24O3Si/c1-16(2,3)20(4,5)19-14-12-8-6-7-11(12)9-10-13(14)15(17)18/h9-10H,6-8H2,1-5H3,(H,17,18). The van der Waals surface area contributed by atoms with Crippen LogP contribution in [-0.4, -0.2) is 19.4 Å². The molecule has 0 atom stereocenters. The zero-order chi connectivity index (χ0) is 15.1. The summed E-state index contributed by atoms with van der Waals surface area (Å²) in [5, 5.41) is 9.49. The maximum atomic E-state index is 11.5. The third-order valence-electron chi connectivity index (χ3n) is 4.62. The van der Waals surface area contributed by atoms with Crippen molar-refractivity contribution in [3.8, 4) is 5.75 Å². The van der Waals surface area contributed by atoms with Gasteiger partial charge in [-0.15, -0.1) is 0 Å². The Balaban J connectivity index is 2.50. The maximum absolute atomic E-state index is 11.5. The molecule has 20 heavy (non-hydrogen) atoms. The highest BCUT2D eigenvalue weighted by molar-refractivity contribution is 6.74. The first-order valence-corrected chi connectivity index (χ1v) is 10.1. The van der Waals surface area contributed by atoms with Gasteiger partial charge in [0.25, 0.3) is 8.32 Å². The van der Waals surface area contributed by atoms with Crippen LogP contribution in [0, 0.1) is 0 Å². The Kier molecular flexibility index (Phi) is 3.71. The molecule has 4 heteroatoms. The van der Waals surface area contributed by atoms with Gasteiger partial charge in [0.2, 0.25) is 0 Å². The van der Waals surface area contributed by atoms with E-state index in [2.05, 4.69) is 33.9 Å². The second-order valence-electron chi connectivity index (χ2n) is 7.10. The average molecular weight is 292 g/mol. The first-order chi connectivity index (χ1) is 9.13. The van der Waals surface area contributed by atoms with E-state index in [0.29, 0.717) is 11.3 Å². The molecule has 0 heterocycles. The normalized spacial score (nSPS) is 15.1. The zero-order valence-electron chi connectivity index (χ0n) is 13.0. The summed E-state index contributed by atoms with van der Waals surface area (Å²) in [5.74, 6) is -0.257. The zero-order valence-corrected chi connectivity index (χ0v) is 14.0. The van der Waals surface area contributed by atoms with Gasteiger partial charge in [-0.05, 0) is 54.6 Å². The largest absolute Gasteiger partial charge is 0.543 e. The van der Waals surface area contributed by atoms with Crippen molar-refractivity contribution in [3.05, 3.63) is 28.8 Å². The molecule has 0 saturated carbocycles. The Morgan fingerprint density at radius 2 is 1.90 bits per heavy atom. The van der Waals surface area contributed by atoms with Gasteiger partial charge in [0.1, 0.15) is 11.3 Å². The molecule has 0 amide bonds. The van der Waals surface area contributed by atoms with E-state index in [-0.39, 0.29) is 5.04 Å². The number of rotatable bonds is 3. The summed E-state index contributed by atoms with van der Waals surface area (Å²) in [5.41, 5.74) is 2.69. The van der Waals surface area contributed by atoms with Crippen molar-refractivity contribution in [2.45, 2.75) is 58.2 Å². The minimum atomic E-state index is -2.03. The van der Waals surface area contributed by atoms with Crippen molar-refractivity contribution in [1.29, 1.82) is 0 Å². The molecule has 0 saturated heterocycles. The van der Waals surface area contributed by atoms with E-state index >= 15 is 0 Å². The molecular weight excluding hydrogens is 268 g/mol. The summed E-state index contributed by atoms with van der Waals surface area (Å²) < 4.78 is 6.36. The topological polar surface area (TPSA) is 46.5 Å². The predicted octanol–water partition coefficient (Wildman–Crippen LogP) is 4.26. The van der Waals surface area contributed by atoms with Gasteiger partial charge in [-0.3, -0.25) is 0 Å². The lowest BCUT2D eigenvalue weighted by atomic mass is 10.0. The van der Waals surface area contributed by atoms with Crippen LogP contribution in [0.2, 0.25) is 18.1 Å². The van der Waals surface area contributed by atoms with Crippen LogP contribution in [0.15, 0.2) is 12.1 Å². The summed E-state index contributed by atoms with van der Waals surface area (Å²) in [6, 6.07) is 3.65. The number of carboxylic acid groups (broad SMARTS) is 1. The van der Waals surface area contributed by atoms with Crippen LogP contribution in [-0.2, 0) is 12.8 Å². The SMILES string of the molecule is CC(C)(C)[Si](C)(C)Oc1c(C(=O)O)ccc2c1CCC2. The highest BCUT2D eigenvalue weighted by Gasteiger charge is 2.40. The minimum absolute atomic E-state index is 0.0596. The monoisotopic (exact) mass is 292 g/mol. The molecule has 1 aromatic rings. The van der Waals surface area contributed by atoms with Crippen molar-refractivity contribution in [2.75, 3.05) is 0 Å². The van der Waals surface area contributed by atoms with Crippen LogP contribution >= 0.6 is 0 Å². The van der Waals surface area contributed by atoms with Crippen molar-refractivity contribution in [1.82, 2.24) is 0 Å². The number of aryl methyl sites for hydroxylation is 1. The van der Waals surface area contributed by atoms with Crippen LogP contribution in [0.25, 0.3) is 0 Å². The van der Waals surface area contributed by atoms with Crippen molar-refractivity contribution in [3.63, 3.8) is 0 Å². The Hall–Kier alpha value is -1.29. The molecule has 0 aliphatic heterocycles. The highest BCUT2D eigenvalue weighted by Crippen LogP contribution is 2.41. The van der Waals surface area contributed by atoms with Crippen LogP contribution in [0.3, 0.4) is 0 Å². The maximum Gasteiger partial charge on any atom is 0.339 e. The number of carbonyl (C=O) groups is 1. The van der Waals surface area contributed by atoms with Crippen molar-refractivity contribution >= 4 is 14.3 Å². The van der Waals surface area contributed by atoms with Crippen LogP contribution in [0.4, 0.5) is 0 Å². The fourth-order valence-corrected chi connectivity index (χ4v) is 3.38. The van der Waals surface area contributed by atoms with Gasteiger partial charge in [0, 0.05) is 0 Å². The van der Waals surface area contributed by atoms with Gasteiger partial charge in [-0.25, -0.2) is 4.79 Å². The summed E-state index contributed by atoms with van der Waals surface area (Å²) in [4.78, 5) is 11.5. The molecule has 1 aliphatic carbocycles. The number of aromatic carboxylic acids is 1. The molecule has 3 nitrogen and oxygen atoms in total. The molecular formula is C16H24O3Si. The van der Waals surface area contributed by atoms with E-state index in [9.17, 15) is 9.90 Å². The van der Waals surface area contributed by atoms with Gasteiger partial charge < -0.3 is 9.53 Å².